The predicted octanol–water partition coefficient (Wildman–Crippen LogP) is -5.36. The molecule has 10 rings (SSSR count). The molecule has 0 aromatic heterocycles. The van der Waals surface area contributed by atoms with E-state index in [0.717, 1.165) is 12.0 Å². The summed E-state index contributed by atoms with van der Waals surface area (Å²) in [6, 6.07) is 0. The number of hydrogen-bond donors (Lipinski definition) is 10. The van der Waals surface area contributed by atoms with Gasteiger partial charge in [0.1, 0.15) is 104 Å². The van der Waals surface area contributed by atoms with E-state index in [9.17, 15) is 68.8 Å². The maximum absolute atomic E-state index is 13.8. The summed E-state index contributed by atoms with van der Waals surface area (Å²) in [6.45, 7) is 15.8. The summed E-state index contributed by atoms with van der Waals surface area (Å²) in [5, 5.41) is 112. The molecule has 2 unspecified atom stereocenters. The summed E-state index contributed by atoms with van der Waals surface area (Å²) in [5.74, 6) is -0.0907. The van der Waals surface area contributed by atoms with E-state index >= 15 is 0 Å². The molecule has 0 aromatic carbocycles. The topological polar surface area (TPSA) is 397 Å². The van der Waals surface area contributed by atoms with Crippen molar-refractivity contribution in [2.45, 2.75) is 241 Å². The van der Waals surface area contributed by atoms with Gasteiger partial charge < -0.3 is 112 Å². The molecule has 9 fully saturated rings. The van der Waals surface area contributed by atoms with Gasteiger partial charge in [-0.25, -0.2) is 8.42 Å². The number of aliphatic hydroxyl groups is 10. The van der Waals surface area contributed by atoms with Crippen LogP contribution in [0.15, 0.2) is 23.8 Å². The standard InChI is InChI=1S/C54H84O27S.Na/c1-20(2)31-26-16-53(8)24-10-11-29-51(5,6)30(13-14-52(29,7)23(24)12-15-54(31,53)50(65)75-26)76-48-43(34(59)28(19-71-48)81-82(66,67)68)80-49-44(79-46-36(61)35(60)32(57)21(3)72-46)37(62)40(22(4)73-49)77-47-39(64)42(33(58)27(17-55)74-47)78-45-38(63)41(69-9)25(56)18-70-45;/h10,21-23,25-49,55-64H,1,11-19H2,2-9H3,(H,66,67,68);/q;+1/p-1/t21-,22-,23?,25-,26+,27-,28-,29?,30+,31+,32-,33-,34+,35+,36-,37+,38-,39-,40-,41+,42+,43-,44-,45+,46+,47+,48+,49+,52-,53+,54-;/m1./s1. The van der Waals surface area contributed by atoms with E-state index in [4.69, 9.17) is 61.0 Å². The zero-order chi connectivity index (χ0) is 59.7. The molecule has 4 aliphatic carbocycles. The molecule has 6 heterocycles. The Morgan fingerprint density at radius 3 is 1.99 bits per heavy atom. The SMILES string of the molecule is C=C(C)[C@H]1[C@@H]2C[C@@]3(C)C4=CCC5C(C)(C)[C@@H](O[C@@H]6OC[C@@H](OS(=O)(=O)[O-])[C@H](O)[C@H]6O[C@@H]6O[C@H](C)[C@@H](O[C@@H]7O[C@H](CO)[C@@H](O)[C@H](O[C@@H]8OC[C@@H](O)[C@H](OC)[C@H]8O)[C@H]7O)[C@H](O)[C@H]6O[C@@H]6O[C@H](C)[C@@H](O)[C@H](O)[C@H]6O)CC[C@]5(C)C4CC[C@]13C(=O)O2.[Na+]. The summed E-state index contributed by atoms with van der Waals surface area (Å²) in [5.41, 5.74) is 0.213. The Kier molecular flexibility index (Phi) is 19.7. The van der Waals surface area contributed by atoms with Crippen LogP contribution in [0.25, 0.3) is 0 Å². The smallest absolute Gasteiger partial charge is 0.726 e. The molecular weight excluding hydrogens is 1140 g/mol. The third-order valence-electron chi connectivity index (χ3n) is 20.5. The van der Waals surface area contributed by atoms with E-state index in [1.54, 1.807) is 0 Å². The van der Waals surface area contributed by atoms with Gasteiger partial charge in [-0.05, 0) is 82.0 Å². The molecule has 0 radical (unpaired) electrons. The molecule has 10 N–H and O–H groups in total. The third kappa shape index (κ3) is 11.3. The zero-order valence-corrected chi connectivity index (χ0v) is 51.0. The van der Waals surface area contributed by atoms with Gasteiger partial charge >= 0.3 is 35.5 Å². The van der Waals surface area contributed by atoms with Crippen LogP contribution in [0, 0.1) is 39.4 Å². The molecule has 1 spiro atoms. The van der Waals surface area contributed by atoms with Crippen LogP contribution in [0.4, 0.5) is 0 Å². The number of rotatable bonds is 15. The molecule has 3 saturated carbocycles. The minimum Gasteiger partial charge on any atom is -0.726 e. The van der Waals surface area contributed by atoms with Gasteiger partial charge in [0.15, 0.2) is 31.5 Å². The fourth-order valence-corrected chi connectivity index (χ4v) is 16.8. The largest absolute Gasteiger partial charge is 1.00 e. The molecule has 6 aliphatic heterocycles. The molecule has 0 amide bonds. The van der Waals surface area contributed by atoms with Crippen LogP contribution >= 0.6 is 0 Å². The Balaban J connectivity index is 0.00000828. The Morgan fingerprint density at radius 2 is 1.33 bits per heavy atom. The molecule has 29 heteroatoms. The first kappa shape index (κ1) is 66.4. The molecule has 2 bridgehead atoms. The fraction of sp³-hybridized carbons (Fsp3) is 0.907. The van der Waals surface area contributed by atoms with Crippen molar-refractivity contribution in [1.29, 1.82) is 0 Å². The van der Waals surface area contributed by atoms with Crippen molar-refractivity contribution in [3.63, 3.8) is 0 Å². The second kappa shape index (κ2) is 24.6. The van der Waals surface area contributed by atoms with Crippen LogP contribution in [0.2, 0.25) is 0 Å². The fourth-order valence-electron chi connectivity index (χ4n) is 16.3. The van der Waals surface area contributed by atoms with Crippen LogP contribution < -0.4 is 29.6 Å². The minimum atomic E-state index is -5.49. The van der Waals surface area contributed by atoms with E-state index in [2.05, 4.69) is 40.3 Å². The van der Waals surface area contributed by atoms with Crippen molar-refractivity contribution >= 4 is 16.4 Å². The molecule has 10 aliphatic rings. The van der Waals surface area contributed by atoms with Crippen molar-refractivity contribution in [3.8, 4) is 0 Å². The van der Waals surface area contributed by atoms with Crippen LogP contribution in [0.1, 0.15) is 87.0 Å². The van der Waals surface area contributed by atoms with Gasteiger partial charge in [0, 0.05) is 18.4 Å². The number of aliphatic hydroxyl groups excluding tert-OH is 10. The third-order valence-corrected chi connectivity index (χ3v) is 21.0. The van der Waals surface area contributed by atoms with Gasteiger partial charge in [-0.2, -0.15) is 0 Å². The molecular formula is C54H83NaO27S. The first-order valence-electron chi connectivity index (χ1n) is 28.4. The first-order chi connectivity index (χ1) is 38.4. The summed E-state index contributed by atoms with van der Waals surface area (Å²) in [7, 11) is -4.26. The number of allylic oxidation sites excluding steroid dienone is 2. The Morgan fingerprint density at radius 1 is 0.711 bits per heavy atom. The number of methoxy groups -OCH3 is 1. The van der Waals surface area contributed by atoms with Crippen molar-refractivity contribution in [2.75, 3.05) is 26.9 Å². The normalized spacial score (nSPS) is 52.3. The van der Waals surface area contributed by atoms with Crippen molar-refractivity contribution < 1.29 is 159 Å². The van der Waals surface area contributed by atoms with E-state index < -0.39 is 187 Å². The Hall–Kier alpha value is -1.02. The summed E-state index contributed by atoms with van der Waals surface area (Å²) in [4.78, 5) is 13.8. The second-order valence-corrected chi connectivity index (χ2v) is 26.5. The zero-order valence-electron chi connectivity index (χ0n) is 48.1. The van der Waals surface area contributed by atoms with Gasteiger partial charge in [0.2, 0.25) is 10.4 Å². The van der Waals surface area contributed by atoms with E-state index in [0.29, 0.717) is 32.1 Å². The van der Waals surface area contributed by atoms with Crippen molar-refractivity contribution in [1.82, 2.24) is 0 Å². The number of ether oxygens (including phenoxy) is 12. The summed E-state index contributed by atoms with van der Waals surface area (Å²) in [6.07, 6.45) is -33.9. The average molecular weight is 1220 g/mol. The maximum atomic E-state index is 13.8. The van der Waals surface area contributed by atoms with Gasteiger partial charge in [0.05, 0.1) is 43.5 Å². The predicted molar refractivity (Wildman–Crippen MR) is 271 cm³/mol. The molecule has 31 atom stereocenters. The Bertz CT molecular complexity index is 2480. The van der Waals surface area contributed by atoms with Gasteiger partial charge in [0.25, 0.3) is 0 Å². The average Bonchev–Trinajstić information content (AvgIpc) is 1.79. The molecule has 468 valence electrons. The van der Waals surface area contributed by atoms with Gasteiger partial charge in [-0.3, -0.25) is 8.98 Å². The second-order valence-electron chi connectivity index (χ2n) is 25.5. The van der Waals surface area contributed by atoms with Crippen LogP contribution in [0.3, 0.4) is 0 Å². The maximum Gasteiger partial charge on any atom is 1.00 e. The van der Waals surface area contributed by atoms with Crippen LogP contribution in [-0.2, 0) is 76.2 Å². The number of carbonyl (C=O) groups is 1. The molecule has 83 heavy (non-hydrogen) atoms. The monoisotopic (exact) mass is 1220 g/mol. The number of hydrogen-bond acceptors (Lipinski definition) is 27. The van der Waals surface area contributed by atoms with Crippen LogP contribution in [-0.4, -0.2) is 250 Å². The first-order valence-corrected chi connectivity index (χ1v) is 29.7. The minimum absolute atomic E-state index is 0. The number of fused-ring (bicyclic) bond motifs is 5. The van der Waals surface area contributed by atoms with E-state index in [1.165, 1.54) is 26.5 Å². The van der Waals surface area contributed by atoms with E-state index in [-0.39, 0.29) is 71.4 Å². The van der Waals surface area contributed by atoms with Crippen molar-refractivity contribution in [3.05, 3.63) is 23.8 Å². The van der Waals surface area contributed by atoms with Crippen molar-refractivity contribution in [2.24, 2.45) is 39.4 Å². The molecule has 6 saturated heterocycles. The molecule has 0 aromatic rings. The number of carbonyl (C=O) groups excluding carboxylic acids is 1. The van der Waals surface area contributed by atoms with Gasteiger partial charge in [-0.1, -0.05) is 51.5 Å². The van der Waals surface area contributed by atoms with E-state index in [1.807, 2.05) is 6.92 Å². The van der Waals surface area contributed by atoms with Crippen LogP contribution in [0.5, 0.6) is 0 Å². The summed E-state index contributed by atoms with van der Waals surface area (Å²) >= 11 is 0. The number of esters is 1. The van der Waals surface area contributed by atoms with Gasteiger partial charge in [-0.15, -0.1) is 0 Å². The summed E-state index contributed by atoms with van der Waals surface area (Å²) < 4.78 is 113. The Labute approximate surface area is 503 Å². The quantitative estimate of drug-likeness (QED) is 0.0241. The molecule has 27 nitrogen and oxygen atoms in total.